The molecular weight excluding hydrogens is 384 g/mol. The number of nitrogens with one attached hydrogen (secondary N) is 1. The summed E-state index contributed by atoms with van der Waals surface area (Å²) in [6.07, 6.45) is 0.748. The van der Waals surface area contributed by atoms with Crippen molar-refractivity contribution >= 4 is 23.5 Å². The second-order valence-electron chi connectivity index (χ2n) is 6.65. The molecule has 0 radical (unpaired) electrons. The van der Waals surface area contributed by atoms with Crippen LogP contribution < -0.4 is 16.6 Å². The number of nitrogens with two attached hydrogens (primary N) is 1. The largest absolute Gasteiger partial charge is 0.385 e. The van der Waals surface area contributed by atoms with E-state index in [1.54, 1.807) is 11.5 Å². The highest BCUT2D eigenvalue weighted by molar-refractivity contribution is 8.00. The molecule has 3 aromatic rings. The van der Waals surface area contributed by atoms with Gasteiger partial charge in [-0.2, -0.15) is 4.98 Å². The number of rotatable bonds is 8. The van der Waals surface area contributed by atoms with Crippen molar-refractivity contribution in [3.63, 3.8) is 0 Å². The first-order valence-corrected chi connectivity index (χ1v) is 10.3. The Labute approximate surface area is 174 Å². The fourth-order valence-corrected chi connectivity index (χ4v) is 3.82. The quantitative estimate of drug-likeness (QED) is 0.442. The minimum absolute atomic E-state index is 0.120. The number of aromatic nitrogens is 2. The van der Waals surface area contributed by atoms with E-state index in [1.165, 1.54) is 17.8 Å². The van der Waals surface area contributed by atoms with Gasteiger partial charge in [0.2, 0.25) is 5.91 Å². The Morgan fingerprint density at radius 1 is 1.10 bits per heavy atom. The maximum atomic E-state index is 12.5. The average Bonchev–Trinajstić information content (AvgIpc) is 2.72. The highest BCUT2D eigenvalue weighted by atomic mass is 32.2. The summed E-state index contributed by atoms with van der Waals surface area (Å²) in [7, 11) is 0. The molecule has 1 amide bonds. The Balaban J connectivity index is 1.68. The van der Waals surface area contributed by atoms with E-state index in [9.17, 15) is 9.59 Å². The minimum atomic E-state index is -0.421. The molecule has 0 aliphatic heterocycles. The third-order valence-corrected chi connectivity index (χ3v) is 5.54. The van der Waals surface area contributed by atoms with Crippen LogP contribution in [-0.2, 0) is 24.3 Å². The maximum Gasteiger partial charge on any atom is 0.275 e. The van der Waals surface area contributed by atoms with Gasteiger partial charge < -0.3 is 15.6 Å². The Hall–Kier alpha value is -3.06. The Bertz CT molecular complexity index is 1010. The number of anilines is 1. The summed E-state index contributed by atoms with van der Waals surface area (Å²) < 4.78 is 1.79. The summed E-state index contributed by atoms with van der Waals surface area (Å²) in [6, 6.07) is 21.0. The molecule has 0 aliphatic rings. The van der Waals surface area contributed by atoms with Crippen molar-refractivity contribution in [3.05, 3.63) is 88.2 Å². The van der Waals surface area contributed by atoms with Crippen LogP contribution in [-0.4, -0.2) is 20.7 Å². The second kappa shape index (κ2) is 9.93. The summed E-state index contributed by atoms with van der Waals surface area (Å²) in [5.41, 5.74) is 7.87. The van der Waals surface area contributed by atoms with E-state index in [1.807, 2.05) is 60.7 Å². The van der Waals surface area contributed by atoms with Gasteiger partial charge in [0.15, 0.2) is 5.16 Å². The normalized spacial score (nSPS) is 11.8. The number of thioether (sulfide) groups is 1. The first-order valence-electron chi connectivity index (χ1n) is 9.42. The Morgan fingerprint density at radius 2 is 1.72 bits per heavy atom. The lowest BCUT2D eigenvalue weighted by Gasteiger charge is -2.17. The number of carbonyl (C=O) groups excluding carboxylic acids is 1. The van der Waals surface area contributed by atoms with Gasteiger partial charge in [-0.1, -0.05) is 72.4 Å². The average molecular weight is 409 g/mol. The highest BCUT2D eigenvalue weighted by Crippen LogP contribution is 2.23. The molecule has 0 saturated heterocycles. The van der Waals surface area contributed by atoms with Crippen LogP contribution in [0.3, 0.4) is 0 Å². The van der Waals surface area contributed by atoms with Crippen molar-refractivity contribution in [3.8, 4) is 0 Å². The summed E-state index contributed by atoms with van der Waals surface area (Å²) >= 11 is 1.24. The molecule has 1 heterocycles. The van der Waals surface area contributed by atoms with Crippen LogP contribution in [0, 0.1) is 0 Å². The summed E-state index contributed by atoms with van der Waals surface area (Å²) in [4.78, 5) is 28.5. The van der Waals surface area contributed by atoms with Crippen molar-refractivity contribution in [2.75, 3.05) is 5.73 Å². The van der Waals surface area contributed by atoms with Gasteiger partial charge in [0.25, 0.3) is 5.56 Å². The molecule has 7 heteroatoms. The molecule has 2 aromatic carbocycles. The smallest absolute Gasteiger partial charge is 0.275 e. The van der Waals surface area contributed by atoms with Crippen molar-refractivity contribution in [2.45, 2.75) is 36.8 Å². The number of hydrogen-bond donors (Lipinski definition) is 2. The molecule has 0 fully saturated rings. The van der Waals surface area contributed by atoms with Crippen molar-refractivity contribution in [1.82, 2.24) is 14.9 Å². The van der Waals surface area contributed by atoms with E-state index in [2.05, 4.69) is 10.3 Å². The molecule has 0 saturated carbocycles. The van der Waals surface area contributed by atoms with Crippen LogP contribution in [0.2, 0.25) is 0 Å². The number of nitrogens with zero attached hydrogens (tertiary/aromatic N) is 2. The molecule has 150 valence electrons. The molecule has 0 unspecified atom stereocenters. The summed E-state index contributed by atoms with van der Waals surface area (Å²) in [5.74, 6) is 0.227. The minimum Gasteiger partial charge on any atom is -0.385 e. The van der Waals surface area contributed by atoms with Crippen LogP contribution in [0.5, 0.6) is 0 Å². The molecule has 0 spiro atoms. The lowest BCUT2D eigenvalue weighted by Crippen LogP contribution is -2.31. The fourth-order valence-electron chi connectivity index (χ4n) is 2.84. The van der Waals surface area contributed by atoms with Crippen molar-refractivity contribution in [1.29, 1.82) is 0 Å². The van der Waals surface area contributed by atoms with Crippen molar-refractivity contribution < 1.29 is 4.79 Å². The van der Waals surface area contributed by atoms with E-state index in [-0.39, 0.29) is 5.91 Å². The van der Waals surface area contributed by atoms with Gasteiger partial charge in [-0.05, 0) is 24.5 Å². The molecule has 0 aliphatic carbocycles. The SMILES string of the molecule is C[C@@H](Sc1nc(=O)cc(N)n1CCc1ccccc1)C(=O)NCc1ccccc1. The van der Waals surface area contributed by atoms with Crippen LogP contribution in [0.15, 0.2) is 76.7 Å². The summed E-state index contributed by atoms with van der Waals surface area (Å²) in [5, 5.41) is 2.95. The third-order valence-electron chi connectivity index (χ3n) is 4.45. The van der Waals surface area contributed by atoms with E-state index in [0.29, 0.717) is 24.1 Å². The topological polar surface area (TPSA) is 90.0 Å². The van der Waals surface area contributed by atoms with E-state index in [4.69, 9.17) is 5.73 Å². The van der Waals surface area contributed by atoms with Gasteiger partial charge in [0.05, 0.1) is 5.25 Å². The molecule has 29 heavy (non-hydrogen) atoms. The Kier molecular flexibility index (Phi) is 7.08. The van der Waals surface area contributed by atoms with Crippen LogP contribution in [0.1, 0.15) is 18.1 Å². The van der Waals surface area contributed by atoms with Crippen molar-refractivity contribution in [2.24, 2.45) is 0 Å². The lowest BCUT2D eigenvalue weighted by molar-refractivity contribution is -0.120. The number of amides is 1. The van der Waals surface area contributed by atoms with E-state index < -0.39 is 10.8 Å². The van der Waals surface area contributed by atoms with Gasteiger partial charge in [-0.15, -0.1) is 0 Å². The first-order chi connectivity index (χ1) is 14.0. The molecular formula is C22H24N4O2S. The van der Waals surface area contributed by atoms with E-state index >= 15 is 0 Å². The van der Waals surface area contributed by atoms with Crippen LogP contribution in [0.4, 0.5) is 5.82 Å². The van der Waals surface area contributed by atoms with Gasteiger partial charge >= 0.3 is 0 Å². The van der Waals surface area contributed by atoms with Gasteiger partial charge in [-0.3, -0.25) is 9.59 Å². The zero-order valence-corrected chi connectivity index (χ0v) is 17.1. The molecule has 1 atom stereocenters. The molecule has 0 bridgehead atoms. The zero-order valence-electron chi connectivity index (χ0n) is 16.2. The van der Waals surface area contributed by atoms with Gasteiger partial charge in [0.1, 0.15) is 5.82 Å². The van der Waals surface area contributed by atoms with Gasteiger partial charge in [0, 0.05) is 19.2 Å². The molecule has 6 nitrogen and oxygen atoms in total. The number of hydrogen-bond acceptors (Lipinski definition) is 5. The number of benzene rings is 2. The predicted octanol–water partition coefficient (Wildman–Crippen LogP) is 2.87. The standard InChI is InChI=1S/C22H24N4O2S/c1-16(21(28)24-15-18-10-6-3-7-11-18)29-22-25-20(27)14-19(23)26(22)13-12-17-8-4-2-5-9-17/h2-11,14,16H,12-13,15,23H2,1H3,(H,24,28)/t16-/m1/s1. The first kappa shape index (κ1) is 20.7. The summed E-state index contributed by atoms with van der Waals surface area (Å²) in [6.45, 7) is 2.82. The zero-order chi connectivity index (χ0) is 20.6. The molecule has 3 rings (SSSR count). The molecule has 3 N–H and O–H groups in total. The third kappa shape index (κ3) is 5.96. The maximum absolute atomic E-state index is 12.5. The highest BCUT2D eigenvalue weighted by Gasteiger charge is 2.18. The molecule has 1 aromatic heterocycles. The van der Waals surface area contributed by atoms with Crippen LogP contribution >= 0.6 is 11.8 Å². The predicted molar refractivity (Wildman–Crippen MR) is 117 cm³/mol. The van der Waals surface area contributed by atoms with Crippen LogP contribution in [0.25, 0.3) is 0 Å². The fraction of sp³-hybridized carbons (Fsp3) is 0.227. The lowest BCUT2D eigenvalue weighted by atomic mass is 10.1. The monoisotopic (exact) mass is 408 g/mol. The second-order valence-corrected chi connectivity index (χ2v) is 7.96. The number of aryl methyl sites for hydroxylation is 1. The Morgan fingerprint density at radius 3 is 2.38 bits per heavy atom. The number of nitrogen functional groups attached to an aromatic ring is 1. The van der Waals surface area contributed by atoms with Gasteiger partial charge in [-0.25, -0.2) is 0 Å². The number of carbonyl (C=O) groups is 1. The van der Waals surface area contributed by atoms with E-state index in [0.717, 1.165) is 17.5 Å².